The van der Waals surface area contributed by atoms with Crippen LogP contribution in [-0.4, -0.2) is 54.0 Å². The van der Waals surface area contributed by atoms with Gasteiger partial charge in [0.2, 0.25) is 5.95 Å². The van der Waals surface area contributed by atoms with E-state index in [9.17, 15) is 14.7 Å². The van der Waals surface area contributed by atoms with Gasteiger partial charge < -0.3 is 14.7 Å². The van der Waals surface area contributed by atoms with Crippen LogP contribution < -0.4 is 10.3 Å². The molecule has 0 spiro atoms. The van der Waals surface area contributed by atoms with Crippen LogP contribution in [-0.2, 0) is 13.0 Å². The molecule has 0 bridgehead atoms. The molecule has 40 heavy (non-hydrogen) atoms. The van der Waals surface area contributed by atoms with Crippen molar-refractivity contribution in [1.29, 1.82) is 0 Å². The van der Waals surface area contributed by atoms with Crippen molar-refractivity contribution in [3.8, 4) is 17.4 Å². The van der Waals surface area contributed by atoms with E-state index in [0.29, 0.717) is 40.6 Å². The first kappa shape index (κ1) is 27.8. The van der Waals surface area contributed by atoms with E-state index < -0.39 is 6.10 Å². The number of amides is 1. The number of aliphatic hydroxyl groups excluding tert-OH is 1. The fraction of sp³-hybridized carbons (Fsp3) is 0.333. The normalized spacial score (nSPS) is 15.6. The second-order valence-corrected chi connectivity index (χ2v) is 11.3. The van der Waals surface area contributed by atoms with Crippen molar-refractivity contribution in [2.45, 2.75) is 59.7 Å². The fourth-order valence-corrected chi connectivity index (χ4v) is 5.22. The Hall–Kier alpha value is -3.76. The molecule has 9 nitrogen and oxygen atoms in total. The number of hydrogen-bond acceptors (Lipinski definition) is 6. The predicted octanol–water partition coefficient (Wildman–Crippen LogP) is 4.45. The van der Waals surface area contributed by atoms with E-state index >= 15 is 0 Å². The van der Waals surface area contributed by atoms with E-state index in [1.165, 1.54) is 0 Å². The Morgan fingerprint density at radius 3 is 2.50 bits per heavy atom. The summed E-state index contributed by atoms with van der Waals surface area (Å²) in [5.41, 5.74) is 4.79. The lowest BCUT2D eigenvalue weighted by molar-refractivity contribution is 0.0652. The lowest BCUT2D eigenvalue weighted by Crippen LogP contribution is -2.46. The van der Waals surface area contributed by atoms with Crippen molar-refractivity contribution in [1.82, 2.24) is 24.2 Å². The minimum absolute atomic E-state index is 0.0971. The molecule has 3 heterocycles. The topological polar surface area (TPSA) is 102 Å². The van der Waals surface area contributed by atoms with Gasteiger partial charge in [-0.25, -0.2) is 14.2 Å². The summed E-state index contributed by atoms with van der Waals surface area (Å²) in [6.07, 6.45) is -0.207. The Morgan fingerprint density at radius 1 is 1.15 bits per heavy atom. The fourth-order valence-electron chi connectivity index (χ4n) is 4.98. The molecule has 0 aliphatic carbocycles. The Labute approximate surface area is 241 Å². The van der Waals surface area contributed by atoms with Gasteiger partial charge in [0, 0.05) is 27.3 Å². The summed E-state index contributed by atoms with van der Waals surface area (Å²) >= 11 is 3.50. The lowest BCUT2D eigenvalue weighted by Gasteiger charge is -2.34. The number of nitrogens with zero attached hydrogens (tertiary/aromatic N) is 5. The lowest BCUT2D eigenvalue weighted by atomic mass is 9.98. The molecular weight excluding hydrogens is 574 g/mol. The third-order valence-electron chi connectivity index (χ3n) is 7.05. The highest BCUT2D eigenvalue weighted by Gasteiger charge is 2.32. The number of benzene rings is 2. The maximum Gasteiger partial charge on any atom is 0.263 e. The van der Waals surface area contributed by atoms with Crippen molar-refractivity contribution < 1.29 is 14.6 Å². The van der Waals surface area contributed by atoms with Gasteiger partial charge in [-0.3, -0.25) is 9.59 Å². The van der Waals surface area contributed by atoms with Crippen LogP contribution in [0.5, 0.6) is 5.75 Å². The van der Waals surface area contributed by atoms with Crippen LogP contribution in [0.3, 0.4) is 0 Å². The molecule has 2 aromatic carbocycles. The number of halogens is 1. The van der Waals surface area contributed by atoms with Gasteiger partial charge in [0.15, 0.2) is 0 Å². The Kier molecular flexibility index (Phi) is 7.65. The smallest absolute Gasteiger partial charge is 0.263 e. The quantitative estimate of drug-likeness (QED) is 0.348. The maximum atomic E-state index is 14.1. The summed E-state index contributed by atoms with van der Waals surface area (Å²) in [7, 11) is 0. The molecule has 2 unspecified atom stereocenters. The van der Waals surface area contributed by atoms with E-state index in [1.807, 2.05) is 52.0 Å². The number of carbonyl (C=O) groups is 1. The van der Waals surface area contributed by atoms with Crippen LogP contribution in [0.1, 0.15) is 52.4 Å². The molecule has 0 saturated carbocycles. The number of aliphatic hydroxyl groups is 1. The molecule has 2 aromatic heterocycles. The highest BCUT2D eigenvalue weighted by Crippen LogP contribution is 2.26. The summed E-state index contributed by atoms with van der Waals surface area (Å²) < 4.78 is 9.78. The summed E-state index contributed by atoms with van der Waals surface area (Å²) in [6.45, 7) is 9.76. The molecule has 4 aromatic rings. The van der Waals surface area contributed by atoms with E-state index in [0.717, 1.165) is 21.4 Å². The van der Waals surface area contributed by atoms with Gasteiger partial charge in [0.05, 0.1) is 29.7 Å². The van der Waals surface area contributed by atoms with Crippen molar-refractivity contribution in [3.05, 3.63) is 97.1 Å². The third kappa shape index (κ3) is 5.33. The summed E-state index contributed by atoms with van der Waals surface area (Å²) in [6, 6.07) is 14.4. The second-order valence-electron chi connectivity index (χ2n) is 10.4. The van der Waals surface area contributed by atoms with Crippen LogP contribution in [0.25, 0.3) is 11.6 Å². The van der Waals surface area contributed by atoms with Crippen molar-refractivity contribution >= 4 is 21.8 Å². The molecule has 1 amide bonds. The zero-order valence-corrected chi connectivity index (χ0v) is 24.8. The molecule has 1 aliphatic rings. The van der Waals surface area contributed by atoms with Gasteiger partial charge in [0.1, 0.15) is 12.4 Å². The Morgan fingerprint density at radius 2 is 1.88 bits per heavy atom. The molecule has 5 rings (SSSR count). The summed E-state index contributed by atoms with van der Waals surface area (Å²) in [5.74, 6) is 0.843. The van der Waals surface area contributed by atoms with E-state index in [1.54, 1.807) is 45.3 Å². The number of hydrogen-bond donors (Lipinski definition) is 1. The monoisotopic (exact) mass is 605 g/mol. The number of aromatic nitrogens is 4. The van der Waals surface area contributed by atoms with E-state index in [2.05, 4.69) is 21.0 Å². The zero-order chi connectivity index (χ0) is 28.7. The molecule has 10 heteroatoms. The minimum Gasteiger partial charge on any atom is -0.491 e. The number of rotatable bonds is 6. The molecule has 1 aliphatic heterocycles. The van der Waals surface area contributed by atoms with E-state index in [-0.39, 0.29) is 30.7 Å². The highest BCUT2D eigenvalue weighted by atomic mass is 79.9. The number of aryl methyl sites for hydroxylation is 3. The summed E-state index contributed by atoms with van der Waals surface area (Å²) in [4.78, 5) is 34.4. The minimum atomic E-state index is -0.592. The van der Waals surface area contributed by atoms with E-state index in [4.69, 9.17) is 9.72 Å². The number of fused-ring (bicyclic) bond motifs is 1. The number of ether oxygens (including phenoxy) is 1. The molecule has 208 valence electrons. The zero-order valence-electron chi connectivity index (χ0n) is 23.2. The average Bonchev–Trinajstić information content (AvgIpc) is 3.26. The van der Waals surface area contributed by atoms with Crippen LogP contribution >= 0.6 is 15.9 Å². The molecule has 2 atom stereocenters. The largest absolute Gasteiger partial charge is 0.491 e. The third-order valence-corrected chi connectivity index (χ3v) is 7.94. The van der Waals surface area contributed by atoms with Crippen LogP contribution in [0.4, 0.5) is 0 Å². The highest BCUT2D eigenvalue weighted by molar-refractivity contribution is 9.10. The van der Waals surface area contributed by atoms with Crippen molar-refractivity contribution in [2.75, 3.05) is 6.61 Å². The van der Waals surface area contributed by atoms with Crippen molar-refractivity contribution in [2.24, 2.45) is 0 Å². The number of carbonyl (C=O) groups excluding carboxylic acids is 1. The van der Waals surface area contributed by atoms with Gasteiger partial charge in [-0.1, -0.05) is 15.9 Å². The van der Waals surface area contributed by atoms with Gasteiger partial charge in [0.25, 0.3) is 11.5 Å². The molecule has 0 radical (unpaired) electrons. The summed E-state index contributed by atoms with van der Waals surface area (Å²) in [5, 5.41) is 14.1. The van der Waals surface area contributed by atoms with Crippen LogP contribution in [0, 0.1) is 20.8 Å². The Bertz CT molecular complexity index is 1640. The first-order valence-corrected chi connectivity index (χ1v) is 14.0. The van der Waals surface area contributed by atoms with Gasteiger partial charge in [-0.15, -0.1) is 0 Å². The first-order chi connectivity index (χ1) is 19.0. The standard InChI is InChI=1S/C30H32BrN5O4/c1-17-12-22(6-11-26(17)31)28(38)34-15-27-25(14-19(34)3)29(39)35(30(32-27)36-20(4)13-18(2)33-36)23-7-9-24(10-8-23)40-16-21(5)37/h6-13,19,21,37H,14-16H2,1-5H3. The van der Waals surface area contributed by atoms with Crippen LogP contribution in [0.15, 0.2) is 57.8 Å². The molecular formula is C30H32BrN5O4. The molecule has 0 fully saturated rings. The SMILES string of the molecule is Cc1cc(C)n(-c2nc3c(c(=O)n2-c2ccc(OCC(C)O)cc2)CC(C)N(C(=O)c2ccc(Br)c(C)c2)C3)n1. The molecule has 1 N–H and O–H groups in total. The van der Waals surface area contributed by atoms with Gasteiger partial charge >= 0.3 is 0 Å². The van der Waals surface area contributed by atoms with Gasteiger partial charge in [-0.05, 0) is 95.1 Å². The first-order valence-electron chi connectivity index (χ1n) is 13.2. The molecule has 0 saturated heterocycles. The predicted molar refractivity (Wildman–Crippen MR) is 156 cm³/mol. The van der Waals surface area contributed by atoms with Gasteiger partial charge in [-0.2, -0.15) is 5.10 Å². The second kappa shape index (κ2) is 11.0. The van der Waals surface area contributed by atoms with Crippen LogP contribution in [0.2, 0.25) is 0 Å². The Balaban J connectivity index is 1.59. The average molecular weight is 607 g/mol. The maximum absolute atomic E-state index is 14.1. The van der Waals surface area contributed by atoms with Crippen molar-refractivity contribution in [3.63, 3.8) is 0 Å².